The van der Waals surface area contributed by atoms with Crippen molar-refractivity contribution in [2.24, 2.45) is 0 Å². The number of sulfonamides is 1. The highest BCUT2D eigenvalue weighted by molar-refractivity contribution is 7.89. The molecule has 1 aliphatic heterocycles. The van der Waals surface area contributed by atoms with Crippen molar-refractivity contribution in [3.8, 4) is 0 Å². The maximum atomic E-state index is 12.4. The summed E-state index contributed by atoms with van der Waals surface area (Å²) in [5.74, 6) is 0. The van der Waals surface area contributed by atoms with Gasteiger partial charge in [0.2, 0.25) is 10.0 Å². The molecule has 128 valence electrons. The number of nitrogens with zero attached hydrogens (tertiary/aromatic N) is 2. The lowest BCUT2D eigenvalue weighted by Crippen LogP contribution is -2.50. The van der Waals surface area contributed by atoms with E-state index in [4.69, 9.17) is 0 Å². The second kappa shape index (κ2) is 7.02. The normalized spacial score (nSPS) is 18.3. The van der Waals surface area contributed by atoms with Gasteiger partial charge >= 0.3 is 6.03 Å². The monoisotopic (exact) mass is 349 g/mol. The van der Waals surface area contributed by atoms with Crippen molar-refractivity contribution in [2.75, 3.05) is 18.4 Å². The lowest BCUT2D eigenvalue weighted by molar-refractivity contribution is 0.190. The molecule has 0 bridgehead atoms. The summed E-state index contributed by atoms with van der Waals surface area (Å²) in [4.78, 5) is 14.1. The number of amides is 2. The van der Waals surface area contributed by atoms with Gasteiger partial charge in [0.15, 0.2) is 0 Å². The summed E-state index contributed by atoms with van der Waals surface area (Å²) in [6.45, 7) is 0.920. The van der Waals surface area contributed by atoms with Crippen LogP contribution in [0.25, 0.3) is 0 Å². The number of urea groups is 1. The minimum absolute atomic E-state index is 0.227. The van der Waals surface area contributed by atoms with Crippen LogP contribution in [0.4, 0.5) is 10.5 Å². The van der Waals surface area contributed by atoms with E-state index in [1.54, 1.807) is 41.4 Å². The van der Waals surface area contributed by atoms with Crippen LogP contribution >= 0.6 is 0 Å². The van der Waals surface area contributed by atoms with E-state index in [0.29, 0.717) is 25.2 Å². The van der Waals surface area contributed by atoms with Gasteiger partial charge in [0, 0.05) is 25.3 Å². The third-order valence-electron chi connectivity index (χ3n) is 3.83. The van der Waals surface area contributed by atoms with Crippen molar-refractivity contribution >= 4 is 21.7 Å². The van der Waals surface area contributed by atoms with Gasteiger partial charge in [-0.3, -0.25) is 5.10 Å². The van der Waals surface area contributed by atoms with Crippen LogP contribution in [0.15, 0.2) is 47.6 Å². The van der Waals surface area contributed by atoms with Gasteiger partial charge in [-0.15, -0.1) is 0 Å². The largest absolute Gasteiger partial charge is 0.323 e. The van der Waals surface area contributed by atoms with Gasteiger partial charge in [0.05, 0.1) is 16.8 Å². The average Bonchev–Trinajstić information content (AvgIpc) is 3.08. The summed E-state index contributed by atoms with van der Waals surface area (Å²) in [7, 11) is -3.58. The molecule has 2 amide bonds. The number of likely N-dealkylation sites (tertiary alicyclic amines) is 1. The van der Waals surface area contributed by atoms with E-state index >= 15 is 0 Å². The first kappa shape index (κ1) is 16.5. The zero-order valence-electron chi connectivity index (χ0n) is 13.0. The number of anilines is 1. The van der Waals surface area contributed by atoms with Gasteiger partial charge in [0.1, 0.15) is 0 Å². The Morgan fingerprint density at radius 3 is 2.79 bits per heavy atom. The average molecular weight is 349 g/mol. The maximum Gasteiger partial charge on any atom is 0.321 e. The first-order valence-electron chi connectivity index (χ1n) is 7.67. The summed E-state index contributed by atoms with van der Waals surface area (Å²) >= 11 is 0. The number of nitrogens with one attached hydrogen (secondary N) is 3. The quantitative estimate of drug-likeness (QED) is 0.775. The molecule has 1 fully saturated rings. The molecular formula is C15H19N5O3S. The van der Waals surface area contributed by atoms with E-state index in [1.165, 1.54) is 6.20 Å². The molecule has 1 atom stereocenters. The topological polar surface area (TPSA) is 107 Å². The van der Waals surface area contributed by atoms with E-state index in [9.17, 15) is 13.2 Å². The standard InChI is InChI=1S/C15H19N5O3S/c21-15(18-13-9-16-17-10-13)20-8-4-5-12(11-20)19-24(22,23)14-6-2-1-3-7-14/h1-3,6-7,9-10,12,19H,4-5,8,11H2,(H,16,17)(H,18,21). The van der Waals surface area contributed by atoms with Crippen LogP contribution in [-0.4, -0.2) is 48.7 Å². The van der Waals surface area contributed by atoms with E-state index in [1.807, 2.05) is 0 Å². The Hall–Kier alpha value is -2.39. The van der Waals surface area contributed by atoms with Gasteiger partial charge in [-0.1, -0.05) is 18.2 Å². The van der Waals surface area contributed by atoms with Gasteiger partial charge in [-0.05, 0) is 25.0 Å². The highest BCUT2D eigenvalue weighted by Gasteiger charge is 2.27. The summed E-state index contributed by atoms with van der Waals surface area (Å²) in [5, 5.41) is 9.11. The van der Waals surface area contributed by atoms with Gasteiger partial charge in [-0.2, -0.15) is 5.10 Å². The summed E-state index contributed by atoms with van der Waals surface area (Å²) in [6, 6.07) is 7.66. The third kappa shape index (κ3) is 3.92. The van der Waals surface area contributed by atoms with Crippen LogP contribution in [-0.2, 0) is 10.0 Å². The van der Waals surface area contributed by atoms with Crippen LogP contribution in [0, 0.1) is 0 Å². The molecule has 3 rings (SSSR count). The highest BCUT2D eigenvalue weighted by Crippen LogP contribution is 2.15. The van der Waals surface area contributed by atoms with Crippen LogP contribution in [0.5, 0.6) is 0 Å². The van der Waals surface area contributed by atoms with Crippen molar-refractivity contribution < 1.29 is 13.2 Å². The molecule has 24 heavy (non-hydrogen) atoms. The fourth-order valence-electron chi connectivity index (χ4n) is 2.67. The van der Waals surface area contributed by atoms with Gasteiger partial charge in [0.25, 0.3) is 0 Å². The molecule has 2 aromatic rings. The molecule has 0 spiro atoms. The molecular weight excluding hydrogens is 330 g/mol. The SMILES string of the molecule is O=C(Nc1cn[nH]c1)N1CCCC(NS(=O)(=O)c2ccccc2)C1. The van der Waals surface area contributed by atoms with Crippen molar-refractivity contribution in [2.45, 2.75) is 23.8 Å². The molecule has 2 heterocycles. The molecule has 1 aromatic heterocycles. The van der Waals surface area contributed by atoms with Gasteiger partial charge in [-0.25, -0.2) is 17.9 Å². The van der Waals surface area contributed by atoms with E-state index in [-0.39, 0.29) is 17.0 Å². The Bertz CT molecular complexity index is 777. The number of aromatic amines is 1. The lowest BCUT2D eigenvalue weighted by Gasteiger charge is -2.32. The molecule has 0 aliphatic carbocycles. The third-order valence-corrected chi connectivity index (χ3v) is 5.37. The van der Waals surface area contributed by atoms with E-state index in [2.05, 4.69) is 20.2 Å². The van der Waals surface area contributed by atoms with E-state index < -0.39 is 10.0 Å². The Morgan fingerprint density at radius 1 is 1.29 bits per heavy atom. The maximum absolute atomic E-state index is 12.4. The van der Waals surface area contributed by atoms with Crippen molar-refractivity contribution in [3.05, 3.63) is 42.7 Å². The number of aromatic nitrogens is 2. The van der Waals surface area contributed by atoms with Crippen LogP contribution in [0.2, 0.25) is 0 Å². The Labute approximate surface area is 140 Å². The number of benzene rings is 1. The number of carbonyl (C=O) groups is 1. The van der Waals surface area contributed by atoms with Crippen molar-refractivity contribution in [1.82, 2.24) is 19.8 Å². The zero-order chi connectivity index (χ0) is 17.0. The second-order valence-electron chi connectivity index (χ2n) is 5.64. The Morgan fingerprint density at radius 2 is 2.08 bits per heavy atom. The molecule has 1 saturated heterocycles. The molecule has 0 radical (unpaired) electrons. The van der Waals surface area contributed by atoms with Crippen LogP contribution in [0.1, 0.15) is 12.8 Å². The van der Waals surface area contributed by atoms with Gasteiger partial charge < -0.3 is 10.2 Å². The summed E-state index contributed by atoms with van der Waals surface area (Å²) in [5.41, 5.74) is 0.576. The first-order valence-corrected chi connectivity index (χ1v) is 9.15. The molecule has 0 saturated carbocycles. The number of hydrogen-bond acceptors (Lipinski definition) is 4. The first-order chi connectivity index (χ1) is 11.5. The van der Waals surface area contributed by atoms with Crippen LogP contribution in [0.3, 0.4) is 0 Å². The predicted octanol–water partition coefficient (Wildman–Crippen LogP) is 1.38. The highest BCUT2D eigenvalue weighted by atomic mass is 32.2. The van der Waals surface area contributed by atoms with E-state index in [0.717, 1.165) is 6.42 Å². The zero-order valence-corrected chi connectivity index (χ0v) is 13.8. The predicted molar refractivity (Wildman–Crippen MR) is 89.0 cm³/mol. The molecule has 8 nitrogen and oxygen atoms in total. The van der Waals surface area contributed by atoms with Crippen LogP contribution < -0.4 is 10.0 Å². The number of rotatable bonds is 4. The molecule has 1 aliphatic rings. The van der Waals surface area contributed by atoms with Crippen molar-refractivity contribution in [3.63, 3.8) is 0 Å². The smallest absolute Gasteiger partial charge is 0.321 e. The number of carbonyl (C=O) groups excluding carboxylic acids is 1. The molecule has 1 unspecified atom stereocenters. The van der Waals surface area contributed by atoms with Crippen molar-refractivity contribution in [1.29, 1.82) is 0 Å². The fourth-order valence-corrected chi connectivity index (χ4v) is 3.95. The fraction of sp³-hybridized carbons (Fsp3) is 0.333. The number of H-pyrrole nitrogens is 1. The minimum atomic E-state index is -3.58. The minimum Gasteiger partial charge on any atom is -0.323 e. The molecule has 1 aromatic carbocycles. The second-order valence-corrected chi connectivity index (χ2v) is 7.35. The lowest BCUT2D eigenvalue weighted by atomic mass is 10.1. The number of hydrogen-bond donors (Lipinski definition) is 3. The Balaban J connectivity index is 1.62. The summed E-state index contributed by atoms with van der Waals surface area (Å²) in [6.07, 6.45) is 4.53. The molecule has 3 N–H and O–H groups in total. The Kier molecular flexibility index (Phi) is 4.81. The number of piperidine rings is 1. The summed E-state index contributed by atoms with van der Waals surface area (Å²) < 4.78 is 27.5. The molecule has 9 heteroatoms.